The lowest BCUT2D eigenvalue weighted by Gasteiger charge is -2.02. The molecule has 3 rings (SSSR count). The molecule has 0 fully saturated rings. The van der Waals surface area contributed by atoms with Crippen molar-refractivity contribution in [2.45, 2.75) is 26.4 Å². The van der Waals surface area contributed by atoms with Gasteiger partial charge in [0.15, 0.2) is 5.78 Å². The summed E-state index contributed by atoms with van der Waals surface area (Å²) in [5, 5.41) is 10.7. The van der Waals surface area contributed by atoms with Gasteiger partial charge in [0.1, 0.15) is 17.6 Å². The topological polar surface area (TPSA) is 95.0 Å². The van der Waals surface area contributed by atoms with Gasteiger partial charge in [0.05, 0.1) is 11.5 Å². The highest BCUT2D eigenvalue weighted by Gasteiger charge is 2.22. The van der Waals surface area contributed by atoms with Crippen LogP contribution in [0.2, 0.25) is 0 Å². The number of carbonyl (C=O) groups excluding carboxylic acids is 1. The summed E-state index contributed by atoms with van der Waals surface area (Å²) in [4.78, 5) is 22.8. The maximum atomic E-state index is 12.6. The summed E-state index contributed by atoms with van der Waals surface area (Å²) in [6.45, 7) is 2.92. The Morgan fingerprint density at radius 3 is 2.46 bits per heavy atom. The monoisotopic (exact) mass is 418 g/mol. The van der Waals surface area contributed by atoms with E-state index in [1.807, 2.05) is 28.8 Å². The van der Waals surface area contributed by atoms with E-state index in [0.29, 0.717) is 11.5 Å². The predicted molar refractivity (Wildman–Crippen MR) is 94.3 cm³/mol. The van der Waals surface area contributed by atoms with E-state index in [-0.39, 0.29) is 35.0 Å². The third kappa shape index (κ3) is 3.60. The predicted octanol–water partition coefficient (Wildman–Crippen LogP) is -0.284. The second-order valence-corrected chi connectivity index (χ2v) is 5.81. The highest BCUT2D eigenvalue weighted by Crippen LogP contribution is 2.17. The molecule has 1 aromatic heterocycles. The fourth-order valence-electron chi connectivity index (χ4n) is 2.94. The lowest BCUT2D eigenvalue weighted by molar-refractivity contribution is -0.642. The third-order valence-corrected chi connectivity index (χ3v) is 4.17. The van der Waals surface area contributed by atoms with Gasteiger partial charge in [0.2, 0.25) is 0 Å². The number of non-ortho nitro benzene ring substituents is 1. The Hall–Kier alpha value is -2.74. The third-order valence-electron chi connectivity index (χ3n) is 4.17. The van der Waals surface area contributed by atoms with Gasteiger partial charge >= 0.3 is 5.95 Å². The van der Waals surface area contributed by atoms with Crippen LogP contribution in [0, 0.1) is 10.1 Å². The molecule has 3 aromatic rings. The Kier molecular flexibility index (Phi) is 6.10. The van der Waals surface area contributed by atoms with Gasteiger partial charge in [0, 0.05) is 17.7 Å². The van der Waals surface area contributed by atoms with Gasteiger partial charge in [-0.05, 0) is 30.7 Å². The first-order valence-electron chi connectivity index (χ1n) is 8.07. The Bertz CT molecular complexity index is 951. The lowest BCUT2D eigenvalue weighted by Crippen LogP contribution is -3.00. The Morgan fingerprint density at radius 2 is 1.85 bits per heavy atom. The minimum Gasteiger partial charge on any atom is -1.00 e. The molecule has 8 heteroatoms. The molecule has 0 atom stereocenters. The number of benzene rings is 2. The van der Waals surface area contributed by atoms with Crippen LogP contribution >= 0.6 is 0 Å². The number of rotatable bonds is 6. The normalized spacial score (nSPS) is 10.5. The van der Waals surface area contributed by atoms with Gasteiger partial charge in [0.25, 0.3) is 5.69 Å². The minimum absolute atomic E-state index is 0. The largest absolute Gasteiger partial charge is 1.00 e. The summed E-state index contributed by atoms with van der Waals surface area (Å²) in [6.07, 6.45) is 0.930. The molecule has 7 nitrogen and oxygen atoms in total. The van der Waals surface area contributed by atoms with E-state index in [4.69, 9.17) is 5.73 Å². The van der Waals surface area contributed by atoms with Crippen LogP contribution in [0.1, 0.15) is 23.7 Å². The number of ketones is 1. The molecule has 0 spiro atoms. The zero-order valence-corrected chi connectivity index (χ0v) is 15.8. The summed E-state index contributed by atoms with van der Waals surface area (Å²) in [6, 6.07) is 13.4. The molecule has 0 radical (unpaired) electrons. The number of halogens is 1. The average Bonchev–Trinajstić information content (AvgIpc) is 2.88. The van der Waals surface area contributed by atoms with Gasteiger partial charge in [-0.3, -0.25) is 20.6 Å². The zero-order chi connectivity index (χ0) is 18.0. The number of aryl methyl sites for hydroxylation is 1. The van der Waals surface area contributed by atoms with Gasteiger partial charge in [-0.15, -0.1) is 0 Å². The van der Waals surface area contributed by atoms with Crippen molar-refractivity contribution in [1.82, 2.24) is 4.57 Å². The Balaban J connectivity index is 0.00000243. The fraction of sp³-hybridized carbons (Fsp3) is 0.222. The fourth-order valence-corrected chi connectivity index (χ4v) is 2.94. The molecule has 0 aliphatic carbocycles. The second kappa shape index (κ2) is 8.09. The number of Topliss-reactive ketones (excluding diaryl/α,β-unsaturated/α-hetero) is 1. The van der Waals surface area contributed by atoms with Crippen molar-refractivity contribution in [2.75, 3.05) is 5.73 Å². The van der Waals surface area contributed by atoms with Gasteiger partial charge in [-0.1, -0.05) is 19.1 Å². The summed E-state index contributed by atoms with van der Waals surface area (Å²) in [7, 11) is 0. The number of nitrogen functional groups attached to an aromatic ring is 1. The number of carbonyl (C=O) groups is 1. The first-order valence-corrected chi connectivity index (χ1v) is 8.07. The SMILES string of the molecule is CCCn1c(N)[n+](CC(=O)c2ccc([N+](=O)[O-])cc2)c2ccccc21.[Br-]. The van der Waals surface area contributed by atoms with E-state index in [0.717, 1.165) is 24.0 Å². The van der Waals surface area contributed by atoms with Crippen LogP contribution in [0.15, 0.2) is 48.5 Å². The van der Waals surface area contributed by atoms with Crippen LogP contribution < -0.4 is 27.3 Å². The maximum absolute atomic E-state index is 12.6. The molecule has 0 saturated heterocycles. The van der Waals surface area contributed by atoms with Crippen LogP contribution in [-0.2, 0) is 13.1 Å². The molecule has 1 heterocycles. The number of nitro groups is 1. The van der Waals surface area contributed by atoms with Crippen molar-refractivity contribution in [1.29, 1.82) is 0 Å². The lowest BCUT2D eigenvalue weighted by atomic mass is 10.1. The first-order chi connectivity index (χ1) is 12.0. The number of hydrogen-bond acceptors (Lipinski definition) is 4. The molecular formula is C18H19BrN4O3. The van der Waals surface area contributed by atoms with Crippen molar-refractivity contribution in [2.24, 2.45) is 0 Å². The van der Waals surface area contributed by atoms with Crippen LogP contribution in [-0.4, -0.2) is 15.3 Å². The molecular weight excluding hydrogens is 400 g/mol. The van der Waals surface area contributed by atoms with Crippen LogP contribution in [0.3, 0.4) is 0 Å². The Morgan fingerprint density at radius 1 is 1.19 bits per heavy atom. The van der Waals surface area contributed by atoms with E-state index in [1.165, 1.54) is 24.3 Å². The molecule has 26 heavy (non-hydrogen) atoms. The molecule has 0 aliphatic rings. The van der Waals surface area contributed by atoms with Crippen LogP contribution in [0.5, 0.6) is 0 Å². The number of nitrogens with two attached hydrogens (primary N) is 1. The number of aromatic nitrogens is 2. The van der Waals surface area contributed by atoms with Crippen molar-refractivity contribution in [3.63, 3.8) is 0 Å². The molecule has 0 amide bonds. The van der Waals surface area contributed by atoms with Crippen molar-refractivity contribution < 1.29 is 31.3 Å². The number of hydrogen-bond donors (Lipinski definition) is 1. The number of fused-ring (bicyclic) bond motifs is 1. The molecule has 0 saturated carbocycles. The van der Waals surface area contributed by atoms with E-state index >= 15 is 0 Å². The maximum Gasteiger partial charge on any atom is 0.356 e. The second-order valence-electron chi connectivity index (χ2n) is 5.81. The molecule has 0 unspecified atom stereocenters. The molecule has 2 N–H and O–H groups in total. The molecule has 136 valence electrons. The number of nitro benzene ring substituents is 1. The van der Waals surface area contributed by atoms with Gasteiger partial charge < -0.3 is 17.0 Å². The average molecular weight is 419 g/mol. The highest BCUT2D eigenvalue weighted by atomic mass is 79.9. The van der Waals surface area contributed by atoms with E-state index in [1.54, 1.807) is 4.57 Å². The molecule has 2 aromatic carbocycles. The number of anilines is 1. The van der Waals surface area contributed by atoms with Crippen LogP contribution in [0.4, 0.5) is 11.6 Å². The molecule has 0 aliphatic heterocycles. The quantitative estimate of drug-likeness (QED) is 0.257. The summed E-state index contributed by atoms with van der Waals surface area (Å²) < 4.78 is 3.78. The van der Waals surface area contributed by atoms with Crippen molar-refractivity contribution in [3.05, 3.63) is 64.2 Å². The standard InChI is InChI=1S/C18H18N4O3.BrH/c1-2-11-20-15-5-3-4-6-16(15)21(18(20)19)12-17(23)13-7-9-14(10-8-13)22(24)25;/h3-10,19H,2,11-12H2,1H3;1H. The van der Waals surface area contributed by atoms with Crippen molar-refractivity contribution >= 4 is 28.5 Å². The summed E-state index contributed by atoms with van der Waals surface area (Å²) >= 11 is 0. The number of para-hydroxylation sites is 2. The van der Waals surface area contributed by atoms with Gasteiger partial charge in [-0.2, -0.15) is 0 Å². The number of imidazole rings is 1. The number of nitrogens with zero attached hydrogens (tertiary/aromatic N) is 3. The van der Waals surface area contributed by atoms with Crippen molar-refractivity contribution in [3.8, 4) is 0 Å². The molecule has 0 bridgehead atoms. The minimum atomic E-state index is -0.487. The first kappa shape index (κ1) is 19.6. The van der Waals surface area contributed by atoms with E-state index < -0.39 is 4.92 Å². The van der Waals surface area contributed by atoms with Gasteiger partial charge in [-0.25, -0.2) is 9.13 Å². The summed E-state index contributed by atoms with van der Waals surface area (Å²) in [5.41, 5.74) is 8.54. The zero-order valence-electron chi connectivity index (χ0n) is 14.3. The van der Waals surface area contributed by atoms with Crippen LogP contribution in [0.25, 0.3) is 11.0 Å². The smallest absolute Gasteiger partial charge is 0.356 e. The van der Waals surface area contributed by atoms with E-state index in [9.17, 15) is 14.9 Å². The van der Waals surface area contributed by atoms with E-state index in [2.05, 4.69) is 6.92 Å². The highest BCUT2D eigenvalue weighted by molar-refractivity contribution is 5.95. The Labute approximate surface area is 161 Å². The summed E-state index contributed by atoms with van der Waals surface area (Å²) in [5.74, 6) is 0.379.